The number of aliphatic hydroxyl groups excluding tert-OH is 1. The standard InChI is InChI=1S/C33H50O7/c1-7-8-9-27-19-21-33(40-30(27)16-12-24(3)22-31(35)36)20-18-26(5)29(39-33)15-11-23(2)10-14-28(34)25(4)13-17-32(37)38-6/h10-14,16-17,22,25-30,34H,7-9,15,18-21H2,1-6H3,(H,35,36). The lowest BCUT2D eigenvalue weighted by atomic mass is 9.81. The predicted octanol–water partition coefficient (Wildman–Crippen LogP) is 6.69. The molecule has 7 atom stereocenters. The van der Waals surface area contributed by atoms with Crippen molar-refractivity contribution in [1.29, 1.82) is 0 Å². The van der Waals surface area contributed by atoms with Crippen LogP contribution in [-0.4, -0.2) is 53.4 Å². The van der Waals surface area contributed by atoms with E-state index in [2.05, 4.69) is 24.7 Å². The maximum absolute atomic E-state index is 11.3. The van der Waals surface area contributed by atoms with Crippen LogP contribution < -0.4 is 0 Å². The van der Waals surface area contributed by atoms with Crippen LogP contribution in [0.1, 0.15) is 86.0 Å². The summed E-state index contributed by atoms with van der Waals surface area (Å²) in [4.78, 5) is 22.3. The van der Waals surface area contributed by atoms with Crippen molar-refractivity contribution in [2.75, 3.05) is 7.11 Å². The summed E-state index contributed by atoms with van der Waals surface area (Å²) >= 11 is 0. The third kappa shape index (κ3) is 11.2. The molecule has 2 aliphatic heterocycles. The van der Waals surface area contributed by atoms with E-state index in [1.807, 2.05) is 32.1 Å². The largest absolute Gasteiger partial charge is 0.478 e. The van der Waals surface area contributed by atoms with Crippen LogP contribution in [0.3, 0.4) is 0 Å². The van der Waals surface area contributed by atoms with Gasteiger partial charge >= 0.3 is 11.9 Å². The Balaban J connectivity index is 2.07. The van der Waals surface area contributed by atoms with Gasteiger partial charge in [-0.15, -0.1) is 0 Å². The quantitative estimate of drug-likeness (QED) is 0.147. The Hall–Kier alpha value is -2.48. The van der Waals surface area contributed by atoms with E-state index in [0.29, 0.717) is 17.4 Å². The molecule has 224 valence electrons. The number of carboxylic acids is 1. The van der Waals surface area contributed by atoms with Crippen molar-refractivity contribution in [2.24, 2.45) is 17.8 Å². The van der Waals surface area contributed by atoms with Crippen molar-refractivity contribution < 1.29 is 34.0 Å². The fraction of sp³-hybridized carbons (Fsp3) is 0.636. The van der Waals surface area contributed by atoms with Crippen LogP contribution in [0.5, 0.6) is 0 Å². The number of hydrogen-bond acceptors (Lipinski definition) is 6. The lowest BCUT2D eigenvalue weighted by molar-refractivity contribution is -0.324. The van der Waals surface area contributed by atoms with Crippen LogP contribution >= 0.6 is 0 Å². The SMILES string of the molecule is CCCCC1CCC2(CCC(C)C(CC=C(C)C=CC(O)C(C)C=CC(=O)OC)O2)OC1C=CC(C)=CC(=O)O. The van der Waals surface area contributed by atoms with Gasteiger partial charge in [0, 0.05) is 30.9 Å². The van der Waals surface area contributed by atoms with Gasteiger partial charge in [0.15, 0.2) is 5.79 Å². The van der Waals surface area contributed by atoms with Gasteiger partial charge in [-0.05, 0) is 56.9 Å². The number of aliphatic carboxylic acids is 1. The molecule has 2 fully saturated rings. The zero-order chi connectivity index (χ0) is 29.7. The van der Waals surface area contributed by atoms with Crippen LogP contribution in [0.25, 0.3) is 0 Å². The van der Waals surface area contributed by atoms with Gasteiger partial charge in [-0.1, -0.05) is 75.6 Å². The topological polar surface area (TPSA) is 102 Å². The molecule has 2 aliphatic rings. The summed E-state index contributed by atoms with van der Waals surface area (Å²) in [5.41, 5.74) is 1.72. The second-order valence-electron chi connectivity index (χ2n) is 11.5. The van der Waals surface area contributed by atoms with Gasteiger partial charge < -0.3 is 24.4 Å². The minimum Gasteiger partial charge on any atom is -0.478 e. The fourth-order valence-corrected chi connectivity index (χ4v) is 5.28. The molecule has 0 aromatic rings. The summed E-state index contributed by atoms with van der Waals surface area (Å²) in [7, 11) is 1.32. The molecule has 2 N–H and O–H groups in total. The Kier molecular flexibility index (Phi) is 14.1. The van der Waals surface area contributed by atoms with Crippen LogP contribution in [0.15, 0.2) is 59.8 Å². The number of aliphatic hydroxyl groups is 1. The molecule has 2 saturated heterocycles. The zero-order valence-corrected chi connectivity index (χ0v) is 25.2. The van der Waals surface area contributed by atoms with Gasteiger partial charge in [0.25, 0.3) is 0 Å². The monoisotopic (exact) mass is 558 g/mol. The predicted molar refractivity (Wildman–Crippen MR) is 157 cm³/mol. The number of methoxy groups -OCH3 is 1. The molecular formula is C33H50O7. The number of ether oxygens (including phenoxy) is 3. The summed E-state index contributed by atoms with van der Waals surface area (Å²) in [5, 5.41) is 19.5. The second-order valence-corrected chi connectivity index (χ2v) is 11.5. The minimum absolute atomic E-state index is 0.0226. The smallest absolute Gasteiger partial charge is 0.330 e. The van der Waals surface area contributed by atoms with Crippen LogP contribution in [-0.2, 0) is 23.8 Å². The number of rotatable bonds is 13. The summed E-state index contributed by atoms with van der Waals surface area (Å²) in [6, 6.07) is 0. The van der Waals surface area contributed by atoms with Gasteiger partial charge in [-0.2, -0.15) is 0 Å². The molecule has 0 aromatic carbocycles. The molecule has 7 nitrogen and oxygen atoms in total. The number of carbonyl (C=O) groups excluding carboxylic acids is 1. The number of hydrogen-bond donors (Lipinski definition) is 2. The highest BCUT2D eigenvalue weighted by molar-refractivity contribution is 5.81. The highest BCUT2D eigenvalue weighted by Crippen LogP contribution is 2.45. The molecule has 1 spiro atoms. The second kappa shape index (κ2) is 16.7. The molecule has 7 heteroatoms. The summed E-state index contributed by atoms with van der Waals surface area (Å²) in [5.74, 6) is -1.44. The number of unbranched alkanes of at least 4 members (excludes halogenated alkanes) is 1. The van der Waals surface area contributed by atoms with E-state index in [9.17, 15) is 14.7 Å². The van der Waals surface area contributed by atoms with Crippen LogP contribution in [0, 0.1) is 17.8 Å². The highest BCUT2D eigenvalue weighted by atomic mass is 16.7. The zero-order valence-electron chi connectivity index (χ0n) is 25.2. The molecule has 0 amide bonds. The van der Waals surface area contributed by atoms with E-state index < -0.39 is 23.8 Å². The molecule has 0 saturated carbocycles. The number of carboxylic acid groups (broad SMARTS) is 1. The van der Waals surface area contributed by atoms with E-state index in [1.165, 1.54) is 19.3 Å². The Morgan fingerprint density at radius 3 is 2.48 bits per heavy atom. The number of carbonyl (C=O) groups is 2. The van der Waals surface area contributed by atoms with Gasteiger partial charge in [0.1, 0.15) is 0 Å². The van der Waals surface area contributed by atoms with Crippen molar-refractivity contribution >= 4 is 11.9 Å². The number of esters is 1. The molecule has 0 radical (unpaired) electrons. The Morgan fingerprint density at radius 2 is 1.80 bits per heavy atom. The van der Waals surface area contributed by atoms with E-state index >= 15 is 0 Å². The Morgan fingerprint density at radius 1 is 1.07 bits per heavy atom. The molecular weight excluding hydrogens is 508 g/mol. The molecule has 0 bridgehead atoms. The van der Waals surface area contributed by atoms with Crippen molar-refractivity contribution in [2.45, 2.75) is 110 Å². The van der Waals surface area contributed by atoms with Crippen molar-refractivity contribution in [3.8, 4) is 0 Å². The average molecular weight is 559 g/mol. The van der Waals surface area contributed by atoms with Crippen molar-refractivity contribution in [1.82, 2.24) is 0 Å². The van der Waals surface area contributed by atoms with Gasteiger partial charge in [0.2, 0.25) is 0 Å². The van der Waals surface area contributed by atoms with Crippen molar-refractivity contribution in [3.05, 3.63) is 59.8 Å². The first-order valence-corrected chi connectivity index (χ1v) is 14.7. The van der Waals surface area contributed by atoms with Gasteiger partial charge in [-0.25, -0.2) is 9.59 Å². The maximum atomic E-state index is 11.3. The summed E-state index contributed by atoms with van der Waals surface area (Å²) < 4.78 is 18.1. The first-order chi connectivity index (χ1) is 19.0. The van der Waals surface area contributed by atoms with E-state index in [-0.39, 0.29) is 18.1 Å². The van der Waals surface area contributed by atoms with E-state index in [4.69, 9.17) is 14.6 Å². The fourth-order valence-electron chi connectivity index (χ4n) is 5.28. The molecule has 2 rings (SSSR count). The molecule has 40 heavy (non-hydrogen) atoms. The van der Waals surface area contributed by atoms with Crippen LogP contribution in [0.2, 0.25) is 0 Å². The van der Waals surface area contributed by atoms with Gasteiger partial charge in [0.05, 0.1) is 25.4 Å². The highest BCUT2D eigenvalue weighted by Gasteiger charge is 2.46. The molecule has 0 aliphatic carbocycles. The normalized spacial score (nSPS) is 29.9. The summed E-state index contributed by atoms with van der Waals surface area (Å²) in [6.45, 7) is 10.1. The van der Waals surface area contributed by atoms with Crippen molar-refractivity contribution in [3.63, 3.8) is 0 Å². The molecule has 0 aromatic heterocycles. The minimum atomic E-state index is -0.948. The van der Waals surface area contributed by atoms with E-state index in [1.54, 1.807) is 19.1 Å². The number of allylic oxidation sites excluding steroid dienone is 4. The lowest BCUT2D eigenvalue weighted by Crippen LogP contribution is -2.52. The lowest BCUT2D eigenvalue weighted by Gasteiger charge is -2.49. The maximum Gasteiger partial charge on any atom is 0.330 e. The van der Waals surface area contributed by atoms with E-state index in [0.717, 1.165) is 56.9 Å². The molecule has 7 unspecified atom stereocenters. The molecule has 2 heterocycles. The average Bonchev–Trinajstić information content (AvgIpc) is 2.92. The van der Waals surface area contributed by atoms with Gasteiger partial charge in [-0.3, -0.25) is 0 Å². The third-order valence-corrected chi connectivity index (χ3v) is 8.03. The summed E-state index contributed by atoms with van der Waals surface area (Å²) in [6.07, 6.45) is 20.9. The Labute approximate surface area is 240 Å². The first kappa shape index (κ1) is 33.7. The Bertz CT molecular complexity index is 975. The third-order valence-electron chi connectivity index (χ3n) is 8.03. The first-order valence-electron chi connectivity index (χ1n) is 14.7. The van der Waals surface area contributed by atoms with Crippen LogP contribution in [0.4, 0.5) is 0 Å².